The number of ether oxygens (including phenoxy) is 1. The first-order chi connectivity index (χ1) is 8.26. The fourth-order valence-electron chi connectivity index (χ4n) is 1.77. The van der Waals surface area contributed by atoms with Crippen LogP contribution in [0.25, 0.3) is 0 Å². The van der Waals surface area contributed by atoms with E-state index in [0.29, 0.717) is 5.75 Å². The summed E-state index contributed by atoms with van der Waals surface area (Å²) in [5.74, 6) is 0.00218. The summed E-state index contributed by atoms with van der Waals surface area (Å²) in [6.07, 6.45) is -3.39. The molecule has 3 nitrogen and oxygen atoms in total. The highest BCUT2D eigenvalue weighted by atomic mass is 32.2. The summed E-state index contributed by atoms with van der Waals surface area (Å²) in [5, 5.41) is 0. The number of rotatable bonds is 7. The molecule has 1 saturated carbocycles. The van der Waals surface area contributed by atoms with Gasteiger partial charge in [0.25, 0.3) is 0 Å². The number of carbonyl (C=O) groups excluding carboxylic acids is 1. The molecule has 0 aromatic rings. The lowest BCUT2D eigenvalue weighted by Crippen LogP contribution is -2.19. The van der Waals surface area contributed by atoms with Crippen molar-refractivity contribution in [3.63, 3.8) is 0 Å². The maximum atomic E-state index is 11.9. The molecule has 0 aromatic heterocycles. The molecular formula is C11H17F3O3S. The Balaban J connectivity index is 2.26. The van der Waals surface area contributed by atoms with Crippen LogP contribution >= 0.6 is 0 Å². The average Bonchev–Trinajstić information content (AvgIpc) is 2.95. The molecule has 0 amide bonds. The zero-order valence-electron chi connectivity index (χ0n) is 10.2. The van der Waals surface area contributed by atoms with Gasteiger partial charge in [-0.1, -0.05) is 0 Å². The molecule has 1 fully saturated rings. The predicted octanol–water partition coefficient (Wildman–Crippen LogP) is 2.42. The van der Waals surface area contributed by atoms with E-state index in [9.17, 15) is 22.2 Å². The van der Waals surface area contributed by atoms with E-state index in [1.165, 1.54) is 7.11 Å². The Morgan fingerprint density at radius 2 is 2.00 bits per heavy atom. The molecule has 0 radical (unpaired) electrons. The van der Waals surface area contributed by atoms with Crippen molar-refractivity contribution < 1.29 is 26.9 Å². The molecule has 1 aliphatic rings. The van der Waals surface area contributed by atoms with Gasteiger partial charge in [0.05, 0.1) is 13.5 Å². The van der Waals surface area contributed by atoms with Crippen LogP contribution in [-0.2, 0) is 20.3 Å². The Morgan fingerprint density at radius 1 is 1.39 bits per heavy atom. The topological polar surface area (TPSA) is 43.4 Å². The first-order valence-electron chi connectivity index (χ1n) is 5.75. The van der Waals surface area contributed by atoms with Crippen LogP contribution in [0, 0.1) is 5.41 Å². The summed E-state index contributed by atoms with van der Waals surface area (Å²) in [5.41, 5.74) is -0.282. The summed E-state index contributed by atoms with van der Waals surface area (Å²) >= 11 is 0. The number of carbonyl (C=O) groups is 1. The van der Waals surface area contributed by atoms with Crippen LogP contribution in [0.1, 0.15) is 32.1 Å². The van der Waals surface area contributed by atoms with Crippen LogP contribution < -0.4 is 0 Å². The smallest absolute Gasteiger partial charge is 0.389 e. The second-order valence-corrected chi connectivity index (χ2v) is 6.34. The Kier molecular flexibility index (Phi) is 5.19. The fourth-order valence-corrected chi connectivity index (χ4v) is 3.46. The van der Waals surface area contributed by atoms with Gasteiger partial charge in [0.1, 0.15) is 0 Å². The minimum Gasteiger partial charge on any atom is -0.469 e. The standard InChI is InChI=1S/C11H17F3O3S/c1-17-9(15)7-10(4-5-10)8-18(16)6-2-3-11(12,13)14/h2-8H2,1H3. The Labute approximate surface area is 107 Å². The third-order valence-electron chi connectivity index (χ3n) is 3.00. The molecule has 1 atom stereocenters. The zero-order chi connectivity index (χ0) is 13.8. The van der Waals surface area contributed by atoms with Crippen molar-refractivity contribution in [3.8, 4) is 0 Å². The summed E-state index contributed by atoms with van der Waals surface area (Å²) in [6, 6.07) is 0. The predicted molar refractivity (Wildman–Crippen MR) is 61.5 cm³/mol. The Bertz CT molecular complexity index is 324. The number of hydrogen-bond donors (Lipinski definition) is 0. The van der Waals surface area contributed by atoms with Crippen LogP contribution in [0.4, 0.5) is 13.2 Å². The van der Waals surface area contributed by atoms with E-state index < -0.39 is 23.4 Å². The Hall–Kier alpha value is -0.590. The van der Waals surface area contributed by atoms with Crippen molar-refractivity contribution in [2.45, 2.75) is 38.3 Å². The van der Waals surface area contributed by atoms with E-state index in [0.717, 1.165) is 12.8 Å². The first kappa shape index (κ1) is 15.5. The van der Waals surface area contributed by atoms with Crippen molar-refractivity contribution in [1.29, 1.82) is 0 Å². The maximum Gasteiger partial charge on any atom is 0.389 e. The number of alkyl halides is 3. The number of hydrogen-bond acceptors (Lipinski definition) is 3. The molecule has 0 saturated heterocycles. The van der Waals surface area contributed by atoms with Crippen molar-refractivity contribution in [2.75, 3.05) is 18.6 Å². The highest BCUT2D eigenvalue weighted by molar-refractivity contribution is 7.85. The minimum absolute atomic E-state index is 0.0441. The number of esters is 1. The molecule has 1 unspecified atom stereocenters. The molecule has 0 aromatic carbocycles. The minimum atomic E-state index is -4.19. The quantitative estimate of drug-likeness (QED) is 0.675. The van der Waals surface area contributed by atoms with Crippen molar-refractivity contribution >= 4 is 16.8 Å². The average molecular weight is 286 g/mol. The first-order valence-corrected chi connectivity index (χ1v) is 7.24. The SMILES string of the molecule is COC(=O)CC1(CS(=O)CCCC(F)(F)F)CC1. The van der Waals surface area contributed by atoms with Crippen molar-refractivity contribution in [2.24, 2.45) is 5.41 Å². The molecule has 0 bridgehead atoms. The second kappa shape index (κ2) is 6.04. The van der Waals surface area contributed by atoms with E-state index in [2.05, 4.69) is 4.74 Å². The molecule has 0 heterocycles. The molecule has 18 heavy (non-hydrogen) atoms. The van der Waals surface area contributed by atoms with Gasteiger partial charge in [-0.25, -0.2) is 0 Å². The largest absolute Gasteiger partial charge is 0.469 e. The van der Waals surface area contributed by atoms with Crippen LogP contribution in [0.5, 0.6) is 0 Å². The van der Waals surface area contributed by atoms with E-state index in [-0.39, 0.29) is 30.0 Å². The van der Waals surface area contributed by atoms with Gasteiger partial charge in [-0.05, 0) is 24.7 Å². The van der Waals surface area contributed by atoms with Crippen molar-refractivity contribution in [3.05, 3.63) is 0 Å². The van der Waals surface area contributed by atoms with E-state index in [1.807, 2.05) is 0 Å². The molecule has 0 spiro atoms. The lowest BCUT2D eigenvalue weighted by Gasteiger charge is -2.13. The lowest BCUT2D eigenvalue weighted by atomic mass is 10.1. The van der Waals surface area contributed by atoms with E-state index in [1.54, 1.807) is 0 Å². The van der Waals surface area contributed by atoms with Gasteiger partial charge < -0.3 is 4.74 Å². The molecular weight excluding hydrogens is 269 g/mol. The van der Waals surface area contributed by atoms with Crippen molar-refractivity contribution in [1.82, 2.24) is 0 Å². The van der Waals surface area contributed by atoms with Gasteiger partial charge in [0.15, 0.2) is 0 Å². The molecule has 1 aliphatic carbocycles. The third-order valence-corrected chi connectivity index (χ3v) is 4.68. The van der Waals surface area contributed by atoms with Crippen LogP contribution in [0.15, 0.2) is 0 Å². The normalized spacial score (nSPS) is 19.3. The van der Waals surface area contributed by atoms with E-state index in [4.69, 9.17) is 0 Å². The zero-order valence-corrected chi connectivity index (χ0v) is 11.0. The van der Waals surface area contributed by atoms with Gasteiger partial charge in [-0.15, -0.1) is 0 Å². The van der Waals surface area contributed by atoms with Gasteiger partial charge in [-0.2, -0.15) is 13.2 Å². The van der Waals surface area contributed by atoms with E-state index >= 15 is 0 Å². The van der Waals surface area contributed by atoms with Gasteiger partial charge >= 0.3 is 12.1 Å². The molecule has 0 aliphatic heterocycles. The van der Waals surface area contributed by atoms with Crippen LogP contribution in [0.3, 0.4) is 0 Å². The highest BCUT2D eigenvalue weighted by Gasteiger charge is 2.45. The van der Waals surface area contributed by atoms with Gasteiger partial charge in [0.2, 0.25) is 0 Å². The summed E-state index contributed by atoms with van der Waals surface area (Å²) in [7, 11) is 0.00254. The molecule has 106 valence electrons. The third kappa shape index (κ3) is 5.84. The number of methoxy groups -OCH3 is 1. The van der Waals surface area contributed by atoms with Gasteiger partial charge in [-0.3, -0.25) is 9.00 Å². The lowest BCUT2D eigenvalue weighted by molar-refractivity contribution is -0.141. The summed E-state index contributed by atoms with van der Waals surface area (Å²) < 4.78 is 51.9. The Morgan fingerprint density at radius 3 is 2.44 bits per heavy atom. The monoisotopic (exact) mass is 286 g/mol. The molecule has 1 rings (SSSR count). The van der Waals surface area contributed by atoms with Crippen LogP contribution in [-0.4, -0.2) is 35.0 Å². The van der Waals surface area contributed by atoms with Gasteiger partial charge in [0, 0.05) is 28.7 Å². The summed E-state index contributed by atoms with van der Waals surface area (Å²) in [6.45, 7) is 0. The molecule has 0 N–H and O–H groups in total. The second-order valence-electron chi connectivity index (χ2n) is 4.76. The highest BCUT2D eigenvalue weighted by Crippen LogP contribution is 2.49. The fraction of sp³-hybridized carbons (Fsp3) is 0.909. The maximum absolute atomic E-state index is 11.9. The van der Waals surface area contributed by atoms with Crippen LogP contribution in [0.2, 0.25) is 0 Å². The summed E-state index contributed by atoms with van der Waals surface area (Å²) in [4.78, 5) is 11.1. The number of halogens is 3. The molecule has 7 heteroatoms.